The average Bonchev–Trinajstić information content (AvgIpc) is 2.38. The summed E-state index contributed by atoms with van der Waals surface area (Å²) >= 11 is 5.80. The quantitative estimate of drug-likeness (QED) is 0.835. The molecule has 1 aliphatic heterocycles. The Morgan fingerprint density at radius 3 is 3.00 bits per heavy atom. The first-order chi connectivity index (χ1) is 8.61. The summed E-state index contributed by atoms with van der Waals surface area (Å²) in [7, 11) is 0. The maximum Gasteiger partial charge on any atom is 0.272 e. The highest BCUT2D eigenvalue weighted by molar-refractivity contribution is 6.29. The van der Waals surface area contributed by atoms with Gasteiger partial charge in [0, 0.05) is 19.2 Å². The van der Waals surface area contributed by atoms with Crippen molar-refractivity contribution in [2.75, 3.05) is 13.2 Å². The molecule has 0 aliphatic carbocycles. The zero-order valence-corrected chi connectivity index (χ0v) is 11.1. The summed E-state index contributed by atoms with van der Waals surface area (Å²) in [6.07, 6.45) is 1.88. The van der Waals surface area contributed by atoms with E-state index in [1.807, 2.05) is 6.92 Å². The van der Waals surface area contributed by atoms with Crippen molar-refractivity contribution in [2.45, 2.75) is 25.8 Å². The number of rotatable bonds is 2. The smallest absolute Gasteiger partial charge is 0.272 e. The van der Waals surface area contributed by atoms with Crippen molar-refractivity contribution in [1.29, 1.82) is 0 Å². The number of aliphatic hydroxyl groups excluding tert-OH is 1. The van der Waals surface area contributed by atoms with Crippen molar-refractivity contribution < 1.29 is 9.90 Å². The Balaban J connectivity index is 2.16. The molecule has 1 fully saturated rings. The van der Waals surface area contributed by atoms with Crippen LogP contribution in [0.4, 0.5) is 0 Å². The number of carbonyl (C=O) groups is 1. The fourth-order valence-electron chi connectivity index (χ4n) is 2.29. The lowest BCUT2D eigenvalue weighted by molar-refractivity contribution is 0.0483. The van der Waals surface area contributed by atoms with Gasteiger partial charge in [-0.1, -0.05) is 17.7 Å². The van der Waals surface area contributed by atoms with E-state index in [0.29, 0.717) is 17.4 Å². The van der Waals surface area contributed by atoms with Crippen LogP contribution in [0.2, 0.25) is 5.15 Å². The molecule has 5 heteroatoms. The van der Waals surface area contributed by atoms with Gasteiger partial charge in [0.1, 0.15) is 10.8 Å². The van der Waals surface area contributed by atoms with Crippen LogP contribution < -0.4 is 0 Å². The van der Waals surface area contributed by atoms with Gasteiger partial charge in [0.2, 0.25) is 0 Å². The Bertz CT molecular complexity index is 439. The molecule has 2 rings (SSSR count). The van der Waals surface area contributed by atoms with Gasteiger partial charge >= 0.3 is 0 Å². The van der Waals surface area contributed by atoms with Crippen LogP contribution >= 0.6 is 11.6 Å². The van der Waals surface area contributed by atoms with Crippen LogP contribution in [0.15, 0.2) is 18.2 Å². The molecule has 1 aliphatic rings. The molecule has 0 aromatic carbocycles. The number of hydrogen-bond donors (Lipinski definition) is 1. The number of carbonyl (C=O) groups excluding carboxylic acids is 1. The van der Waals surface area contributed by atoms with Crippen molar-refractivity contribution in [2.24, 2.45) is 5.92 Å². The zero-order chi connectivity index (χ0) is 13.1. The summed E-state index contributed by atoms with van der Waals surface area (Å²) in [6, 6.07) is 5.22. The molecule has 2 atom stereocenters. The Morgan fingerprint density at radius 1 is 1.56 bits per heavy atom. The number of aliphatic hydroxyl groups is 1. The number of amides is 1. The number of aromatic nitrogens is 1. The molecular weight excluding hydrogens is 252 g/mol. The van der Waals surface area contributed by atoms with Gasteiger partial charge in [0.15, 0.2) is 0 Å². The predicted octanol–water partition coefficient (Wildman–Crippen LogP) is 1.97. The third kappa shape index (κ3) is 2.82. The fraction of sp³-hybridized carbons (Fsp3) is 0.538. The first kappa shape index (κ1) is 13.3. The minimum Gasteiger partial charge on any atom is -0.396 e. The van der Waals surface area contributed by atoms with Crippen LogP contribution in [-0.4, -0.2) is 40.1 Å². The molecule has 2 unspecified atom stereocenters. The van der Waals surface area contributed by atoms with E-state index < -0.39 is 0 Å². The molecule has 0 radical (unpaired) electrons. The number of hydrogen-bond acceptors (Lipinski definition) is 3. The molecule has 1 aromatic rings. The van der Waals surface area contributed by atoms with E-state index >= 15 is 0 Å². The van der Waals surface area contributed by atoms with Crippen LogP contribution in [-0.2, 0) is 0 Å². The van der Waals surface area contributed by atoms with Gasteiger partial charge in [-0.25, -0.2) is 4.98 Å². The normalized spacial score (nSPS) is 24.1. The molecule has 0 saturated carbocycles. The van der Waals surface area contributed by atoms with Crippen molar-refractivity contribution in [1.82, 2.24) is 9.88 Å². The SMILES string of the molecule is CC1CCC(CO)CN1C(=O)c1cccc(Cl)n1. The van der Waals surface area contributed by atoms with Crippen LogP contribution in [0.5, 0.6) is 0 Å². The molecule has 98 valence electrons. The first-order valence-corrected chi connectivity index (χ1v) is 6.54. The number of nitrogens with zero attached hydrogens (tertiary/aromatic N) is 2. The fourth-order valence-corrected chi connectivity index (χ4v) is 2.45. The molecule has 0 spiro atoms. The number of piperidine rings is 1. The van der Waals surface area contributed by atoms with Gasteiger partial charge in [0.05, 0.1) is 0 Å². The maximum absolute atomic E-state index is 12.3. The molecule has 1 amide bonds. The number of pyridine rings is 1. The van der Waals surface area contributed by atoms with Gasteiger partial charge in [-0.15, -0.1) is 0 Å². The molecule has 4 nitrogen and oxygen atoms in total. The molecule has 1 N–H and O–H groups in total. The lowest BCUT2D eigenvalue weighted by atomic mass is 9.94. The molecule has 1 aromatic heterocycles. The third-order valence-corrected chi connectivity index (χ3v) is 3.64. The summed E-state index contributed by atoms with van der Waals surface area (Å²) in [5, 5.41) is 9.54. The summed E-state index contributed by atoms with van der Waals surface area (Å²) in [5.41, 5.74) is 0.368. The highest BCUT2D eigenvalue weighted by Gasteiger charge is 2.29. The van der Waals surface area contributed by atoms with Gasteiger partial charge in [0.25, 0.3) is 5.91 Å². The van der Waals surface area contributed by atoms with Gasteiger partial charge in [-0.2, -0.15) is 0 Å². The Morgan fingerprint density at radius 2 is 2.33 bits per heavy atom. The second-order valence-electron chi connectivity index (χ2n) is 4.78. The number of likely N-dealkylation sites (tertiary alicyclic amines) is 1. The average molecular weight is 269 g/mol. The molecule has 18 heavy (non-hydrogen) atoms. The molecule has 1 saturated heterocycles. The summed E-state index contributed by atoms with van der Waals surface area (Å²) < 4.78 is 0. The molecular formula is C13H17ClN2O2. The van der Waals surface area contributed by atoms with E-state index in [1.165, 1.54) is 0 Å². The van der Waals surface area contributed by atoms with Crippen molar-refractivity contribution >= 4 is 17.5 Å². The Hall–Kier alpha value is -1.13. The highest BCUT2D eigenvalue weighted by atomic mass is 35.5. The van der Waals surface area contributed by atoms with Crippen LogP contribution in [0.3, 0.4) is 0 Å². The third-order valence-electron chi connectivity index (χ3n) is 3.43. The van der Waals surface area contributed by atoms with Crippen LogP contribution in [0, 0.1) is 5.92 Å². The second kappa shape index (κ2) is 5.67. The van der Waals surface area contributed by atoms with Crippen LogP contribution in [0.1, 0.15) is 30.3 Å². The van der Waals surface area contributed by atoms with Crippen molar-refractivity contribution in [3.8, 4) is 0 Å². The van der Waals surface area contributed by atoms with Crippen molar-refractivity contribution in [3.05, 3.63) is 29.0 Å². The topological polar surface area (TPSA) is 53.4 Å². The van der Waals surface area contributed by atoms with Gasteiger partial charge in [-0.05, 0) is 37.8 Å². The van der Waals surface area contributed by atoms with Crippen molar-refractivity contribution in [3.63, 3.8) is 0 Å². The summed E-state index contributed by atoms with van der Waals surface area (Å²) in [6.45, 7) is 2.74. The Kier molecular flexibility index (Phi) is 4.19. The second-order valence-corrected chi connectivity index (χ2v) is 5.17. The summed E-state index contributed by atoms with van der Waals surface area (Å²) in [5.74, 6) is 0.0625. The van der Waals surface area contributed by atoms with Gasteiger partial charge in [-0.3, -0.25) is 4.79 Å². The minimum atomic E-state index is -0.108. The Labute approximate surface area is 112 Å². The van der Waals surface area contributed by atoms with E-state index in [2.05, 4.69) is 4.98 Å². The van der Waals surface area contributed by atoms with E-state index in [4.69, 9.17) is 11.6 Å². The highest BCUT2D eigenvalue weighted by Crippen LogP contribution is 2.23. The minimum absolute atomic E-state index is 0.108. The first-order valence-electron chi connectivity index (χ1n) is 6.16. The van der Waals surface area contributed by atoms with E-state index in [0.717, 1.165) is 12.8 Å². The summed E-state index contributed by atoms with van der Waals surface area (Å²) in [4.78, 5) is 18.2. The molecule has 2 heterocycles. The van der Waals surface area contributed by atoms with Crippen LogP contribution in [0.25, 0.3) is 0 Å². The lowest BCUT2D eigenvalue weighted by Crippen LogP contribution is -2.46. The monoisotopic (exact) mass is 268 g/mol. The van der Waals surface area contributed by atoms with Gasteiger partial charge < -0.3 is 10.0 Å². The predicted molar refractivity (Wildman–Crippen MR) is 69.6 cm³/mol. The van der Waals surface area contributed by atoms with E-state index in [-0.39, 0.29) is 24.5 Å². The van der Waals surface area contributed by atoms with E-state index in [9.17, 15) is 9.90 Å². The zero-order valence-electron chi connectivity index (χ0n) is 10.3. The largest absolute Gasteiger partial charge is 0.396 e. The van der Waals surface area contributed by atoms with E-state index in [1.54, 1.807) is 23.1 Å². The molecule has 0 bridgehead atoms. The standard InChI is InChI=1S/C13H17ClN2O2/c1-9-5-6-10(8-17)7-16(9)13(18)11-3-2-4-12(14)15-11/h2-4,9-10,17H,5-8H2,1H3. The number of halogens is 1. The lowest BCUT2D eigenvalue weighted by Gasteiger charge is -2.37. The maximum atomic E-state index is 12.3.